The third kappa shape index (κ3) is 4.31. The van der Waals surface area contributed by atoms with Crippen LogP contribution in [-0.4, -0.2) is 6.10 Å². The van der Waals surface area contributed by atoms with Crippen LogP contribution in [0.3, 0.4) is 0 Å². The van der Waals surface area contributed by atoms with E-state index in [9.17, 15) is 0 Å². The van der Waals surface area contributed by atoms with Crippen LogP contribution in [0.5, 0.6) is 5.75 Å². The van der Waals surface area contributed by atoms with Crippen LogP contribution in [0.1, 0.15) is 30.3 Å². The summed E-state index contributed by atoms with van der Waals surface area (Å²) in [5.41, 5.74) is 4.03. The molecule has 0 fully saturated rings. The number of thiophene rings is 1. The summed E-state index contributed by atoms with van der Waals surface area (Å²) in [5.74, 6) is 6.59. The summed E-state index contributed by atoms with van der Waals surface area (Å²) in [6, 6.07) is 12.4. The number of nitrogens with one attached hydrogen (secondary N) is 1. The first-order valence-corrected chi connectivity index (χ1v) is 8.16. The summed E-state index contributed by atoms with van der Waals surface area (Å²) in [7, 11) is 0. The van der Waals surface area contributed by atoms with Crippen LogP contribution in [0.4, 0.5) is 0 Å². The molecule has 2 rings (SSSR count). The van der Waals surface area contributed by atoms with E-state index >= 15 is 0 Å². The van der Waals surface area contributed by atoms with Crippen molar-refractivity contribution in [1.29, 1.82) is 0 Å². The van der Waals surface area contributed by atoms with Gasteiger partial charge in [0.25, 0.3) is 0 Å². The van der Waals surface area contributed by atoms with E-state index in [4.69, 9.17) is 10.6 Å². The normalized spacial score (nSPS) is 12.7. The van der Waals surface area contributed by atoms with Gasteiger partial charge in [0.05, 0.1) is 15.9 Å². The molecule has 1 atom stereocenters. The van der Waals surface area contributed by atoms with Gasteiger partial charge in [-0.1, -0.05) is 12.1 Å². The molecule has 3 nitrogen and oxygen atoms in total. The Morgan fingerprint density at radius 3 is 2.70 bits per heavy atom. The fourth-order valence-electron chi connectivity index (χ4n) is 2.01. The second-order valence-corrected chi connectivity index (χ2v) is 7.42. The van der Waals surface area contributed by atoms with E-state index in [1.165, 1.54) is 4.88 Å². The molecule has 20 heavy (non-hydrogen) atoms. The largest absolute Gasteiger partial charge is 0.491 e. The zero-order chi connectivity index (χ0) is 14.5. The van der Waals surface area contributed by atoms with Crippen LogP contribution in [0.2, 0.25) is 0 Å². The molecule has 5 heteroatoms. The molecule has 0 aliphatic heterocycles. The van der Waals surface area contributed by atoms with Crippen LogP contribution >= 0.6 is 27.3 Å². The minimum Gasteiger partial charge on any atom is -0.491 e. The number of hydrazine groups is 1. The molecule has 1 aromatic carbocycles. The molecule has 0 spiro atoms. The van der Waals surface area contributed by atoms with E-state index < -0.39 is 0 Å². The molecular weight excluding hydrogens is 336 g/mol. The zero-order valence-corrected chi connectivity index (χ0v) is 14.0. The van der Waals surface area contributed by atoms with E-state index in [-0.39, 0.29) is 12.1 Å². The van der Waals surface area contributed by atoms with Gasteiger partial charge in [-0.3, -0.25) is 11.3 Å². The van der Waals surface area contributed by atoms with Gasteiger partial charge in [0.1, 0.15) is 5.75 Å². The summed E-state index contributed by atoms with van der Waals surface area (Å²) < 4.78 is 6.87. The predicted octanol–water partition coefficient (Wildman–Crippen LogP) is 4.04. The summed E-state index contributed by atoms with van der Waals surface area (Å²) in [6.45, 7) is 4.04. The van der Waals surface area contributed by atoms with Crippen molar-refractivity contribution in [2.24, 2.45) is 5.84 Å². The second kappa shape index (κ2) is 7.22. The number of ether oxygens (including phenoxy) is 1. The molecule has 2 aromatic rings. The Kier molecular flexibility index (Phi) is 5.60. The third-order valence-electron chi connectivity index (χ3n) is 2.87. The average Bonchev–Trinajstić information content (AvgIpc) is 2.81. The molecule has 0 amide bonds. The van der Waals surface area contributed by atoms with Gasteiger partial charge >= 0.3 is 0 Å². The number of hydrogen-bond donors (Lipinski definition) is 2. The molecule has 1 unspecified atom stereocenters. The summed E-state index contributed by atoms with van der Waals surface area (Å²) >= 11 is 5.22. The topological polar surface area (TPSA) is 47.3 Å². The number of benzene rings is 1. The molecule has 0 bridgehead atoms. The van der Waals surface area contributed by atoms with Crippen molar-refractivity contribution in [1.82, 2.24) is 5.43 Å². The number of rotatable bonds is 6. The highest BCUT2D eigenvalue weighted by atomic mass is 79.9. The van der Waals surface area contributed by atoms with E-state index in [0.29, 0.717) is 0 Å². The molecule has 1 heterocycles. The summed E-state index contributed by atoms with van der Waals surface area (Å²) in [5, 5.41) is 0. The van der Waals surface area contributed by atoms with Crippen molar-refractivity contribution < 1.29 is 4.74 Å². The van der Waals surface area contributed by atoms with E-state index in [2.05, 4.69) is 39.6 Å². The maximum atomic E-state index is 5.73. The van der Waals surface area contributed by atoms with Crippen molar-refractivity contribution in [2.75, 3.05) is 0 Å². The van der Waals surface area contributed by atoms with Crippen LogP contribution in [0, 0.1) is 0 Å². The molecule has 1 aromatic heterocycles. The first-order valence-electron chi connectivity index (χ1n) is 6.55. The molecule has 0 radical (unpaired) electrons. The van der Waals surface area contributed by atoms with Crippen molar-refractivity contribution in [3.05, 3.63) is 50.6 Å². The van der Waals surface area contributed by atoms with Crippen LogP contribution < -0.4 is 16.0 Å². The first-order chi connectivity index (χ1) is 9.58. The minimum absolute atomic E-state index is 0.0799. The van der Waals surface area contributed by atoms with Crippen LogP contribution in [0.15, 0.2) is 40.2 Å². The van der Waals surface area contributed by atoms with Gasteiger partial charge in [0, 0.05) is 11.3 Å². The second-order valence-electron chi connectivity index (χ2n) is 4.87. The molecule has 0 saturated carbocycles. The Hall–Kier alpha value is -0.880. The summed E-state index contributed by atoms with van der Waals surface area (Å²) in [4.78, 5) is 1.29. The monoisotopic (exact) mass is 354 g/mol. The molecule has 0 aliphatic carbocycles. The standard InChI is InChI=1S/C15H19BrN2OS/c1-10(2)19-12-5-3-4-11(8-12)14(18-17)9-13-6-7-15(16)20-13/h3-8,10,14,18H,9,17H2,1-2H3. The van der Waals surface area contributed by atoms with Gasteiger partial charge in [-0.2, -0.15) is 0 Å². The molecule has 108 valence electrons. The smallest absolute Gasteiger partial charge is 0.120 e. The maximum Gasteiger partial charge on any atom is 0.120 e. The van der Waals surface area contributed by atoms with Gasteiger partial charge in [-0.25, -0.2) is 0 Å². The predicted molar refractivity (Wildman–Crippen MR) is 88.0 cm³/mol. The average molecular weight is 355 g/mol. The number of halogens is 1. The minimum atomic E-state index is 0.0799. The Morgan fingerprint density at radius 1 is 1.30 bits per heavy atom. The van der Waals surface area contributed by atoms with Crippen molar-refractivity contribution >= 4 is 27.3 Å². The van der Waals surface area contributed by atoms with E-state index in [0.717, 1.165) is 21.5 Å². The SMILES string of the molecule is CC(C)Oc1cccc(C(Cc2ccc(Br)s2)NN)c1. The van der Waals surface area contributed by atoms with Crippen molar-refractivity contribution in [3.8, 4) is 5.75 Å². The van der Waals surface area contributed by atoms with Crippen molar-refractivity contribution in [3.63, 3.8) is 0 Å². The zero-order valence-electron chi connectivity index (χ0n) is 11.6. The first kappa shape index (κ1) is 15.5. The fourth-order valence-corrected chi connectivity index (χ4v) is 3.54. The molecule has 0 saturated heterocycles. The maximum absolute atomic E-state index is 5.73. The Bertz CT molecular complexity index is 556. The Morgan fingerprint density at radius 2 is 2.10 bits per heavy atom. The third-order valence-corrected chi connectivity index (χ3v) is 4.51. The van der Waals surface area contributed by atoms with Crippen LogP contribution in [-0.2, 0) is 6.42 Å². The van der Waals surface area contributed by atoms with Crippen molar-refractivity contribution in [2.45, 2.75) is 32.4 Å². The summed E-state index contributed by atoms with van der Waals surface area (Å²) in [6.07, 6.45) is 1.03. The number of nitrogens with two attached hydrogens (primary N) is 1. The highest BCUT2D eigenvalue weighted by Crippen LogP contribution is 2.28. The molecule has 0 aliphatic rings. The Balaban J connectivity index is 2.14. The quantitative estimate of drug-likeness (QED) is 0.607. The molecular formula is C15H19BrN2OS. The van der Waals surface area contributed by atoms with E-state index in [1.54, 1.807) is 11.3 Å². The van der Waals surface area contributed by atoms with Gasteiger partial charge in [-0.15, -0.1) is 11.3 Å². The van der Waals surface area contributed by atoms with E-state index in [1.807, 2.05) is 32.0 Å². The van der Waals surface area contributed by atoms with Gasteiger partial charge in [0.15, 0.2) is 0 Å². The van der Waals surface area contributed by atoms with Gasteiger partial charge < -0.3 is 4.74 Å². The lowest BCUT2D eigenvalue weighted by Gasteiger charge is -2.17. The highest BCUT2D eigenvalue weighted by Gasteiger charge is 2.13. The Labute approximate surface area is 132 Å². The van der Waals surface area contributed by atoms with Gasteiger partial charge in [0.2, 0.25) is 0 Å². The fraction of sp³-hybridized carbons (Fsp3) is 0.333. The number of hydrogen-bond acceptors (Lipinski definition) is 4. The lowest BCUT2D eigenvalue weighted by Crippen LogP contribution is -2.29. The van der Waals surface area contributed by atoms with Crippen LogP contribution in [0.25, 0.3) is 0 Å². The van der Waals surface area contributed by atoms with Gasteiger partial charge in [-0.05, 0) is 59.6 Å². The lowest BCUT2D eigenvalue weighted by atomic mass is 10.0. The highest BCUT2D eigenvalue weighted by molar-refractivity contribution is 9.11. The lowest BCUT2D eigenvalue weighted by molar-refractivity contribution is 0.242. The molecule has 3 N–H and O–H groups in total.